The van der Waals surface area contributed by atoms with Crippen LogP contribution in [-0.4, -0.2) is 27.8 Å². The Morgan fingerprint density at radius 1 is 1.07 bits per heavy atom. The molecule has 8 heteroatoms. The molecule has 2 amide bonds. The van der Waals surface area contributed by atoms with Crippen molar-refractivity contribution >= 4 is 40.6 Å². The van der Waals surface area contributed by atoms with E-state index >= 15 is 0 Å². The maximum atomic E-state index is 12.3. The molecule has 28 heavy (non-hydrogen) atoms. The predicted molar refractivity (Wildman–Crippen MR) is 113 cm³/mol. The zero-order chi connectivity index (χ0) is 19.9. The molecule has 0 aliphatic heterocycles. The van der Waals surface area contributed by atoms with E-state index in [9.17, 15) is 9.59 Å². The summed E-state index contributed by atoms with van der Waals surface area (Å²) in [5.41, 5.74) is 2.87. The largest absolute Gasteiger partial charge is 0.349 e. The Bertz CT molecular complexity index is 942. The van der Waals surface area contributed by atoms with E-state index in [4.69, 9.17) is 0 Å². The minimum atomic E-state index is -0.310. The number of aryl methyl sites for hydroxylation is 1. The Hall–Kier alpha value is -2.71. The van der Waals surface area contributed by atoms with Gasteiger partial charge in [-0.3, -0.25) is 9.59 Å². The van der Waals surface area contributed by atoms with Gasteiger partial charge in [-0.05, 0) is 31.5 Å². The van der Waals surface area contributed by atoms with Gasteiger partial charge in [-0.25, -0.2) is 0 Å². The summed E-state index contributed by atoms with van der Waals surface area (Å²) in [5.74, 6) is -0.191. The lowest BCUT2D eigenvalue weighted by Crippen LogP contribution is -2.28. The summed E-state index contributed by atoms with van der Waals surface area (Å²) >= 11 is 2.43. The molecule has 0 saturated heterocycles. The summed E-state index contributed by atoms with van der Waals surface area (Å²) in [6, 6.07) is 17.2. The number of thioether (sulfide) groups is 1. The molecule has 1 atom stereocenters. The van der Waals surface area contributed by atoms with E-state index in [1.807, 2.05) is 68.4 Å². The fourth-order valence-corrected chi connectivity index (χ4v) is 3.97. The van der Waals surface area contributed by atoms with Crippen LogP contribution >= 0.6 is 23.1 Å². The number of hydrogen-bond donors (Lipinski definition) is 2. The van der Waals surface area contributed by atoms with Crippen LogP contribution in [0.3, 0.4) is 0 Å². The van der Waals surface area contributed by atoms with Gasteiger partial charge in [0, 0.05) is 5.69 Å². The maximum Gasteiger partial charge on any atom is 0.286 e. The maximum absolute atomic E-state index is 12.3. The van der Waals surface area contributed by atoms with Crippen LogP contribution in [0.1, 0.15) is 33.9 Å². The second-order valence-electron chi connectivity index (χ2n) is 6.18. The van der Waals surface area contributed by atoms with Crippen LogP contribution in [0.4, 0.5) is 5.69 Å². The van der Waals surface area contributed by atoms with Crippen LogP contribution in [0.5, 0.6) is 0 Å². The molecule has 0 bridgehead atoms. The molecule has 2 N–H and O–H groups in total. The molecule has 1 aromatic heterocycles. The van der Waals surface area contributed by atoms with Crippen LogP contribution in [0.15, 0.2) is 58.9 Å². The molecule has 0 aliphatic carbocycles. The first kappa shape index (κ1) is 20.0. The lowest BCUT2D eigenvalue weighted by molar-refractivity contribution is -0.119. The minimum absolute atomic E-state index is 0.0698. The number of carbonyl (C=O) groups excluding carboxylic acids is 2. The summed E-state index contributed by atoms with van der Waals surface area (Å²) < 4.78 is 0.580. The summed E-state index contributed by atoms with van der Waals surface area (Å²) in [5, 5.41) is 13.9. The van der Waals surface area contributed by atoms with E-state index in [0.29, 0.717) is 10.0 Å². The van der Waals surface area contributed by atoms with Gasteiger partial charge in [-0.15, -0.1) is 10.2 Å². The lowest BCUT2D eigenvalue weighted by atomic mass is 10.1. The van der Waals surface area contributed by atoms with Crippen molar-refractivity contribution < 1.29 is 9.59 Å². The van der Waals surface area contributed by atoms with Crippen molar-refractivity contribution in [1.29, 1.82) is 0 Å². The molecule has 6 nitrogen and oxygen atoms in total. The number of hydrogen-bond acceptors (Lipinski definition) is 6. The van der Waals surface area contributed by atoms with Gasteiger partial charge in [-0.2, -0.15) is 0 Å². The number of benzene rings is 2. The molecule has 144 valence electrons. The second kappa shape index (κ2) is 9.48. The van der Waals surface area contributed by atoms with Gasteiger partial charge in [0.15, 0.2) is 4.34 Å². The van der Waals surface area contributed by atoms with Gasteiger partial charge < -0.3 is 10.6 Å². The highest BCUT2D eigenvalue weighted by atomic mass is 32.2. The van der Waals surface area contributed by atoms with Gasteiger partial charge in [0.2, 0.25) is 10.9 Å². The first-order valence-electron chi connectivity index (χ1n) is 8.70. The number of nitrogens with one attached hydrogen (secondary N) is 2. The number of amides is 2. The molecule has 3 aromatic rings. The lowest BCUT2D eigenvalue weighted by Gasteiger charge is -2.13. The normalized spacial score (nSPS) is 11.6. The summed E-state index contributed by atoms with van der Waals surface area (Å²) in [7, 11) is 0. The summed E-state index contributed by atoms with van der Waals surface area (Å²) in [6.07, 6.45) is 0. The van der Waals surface area contributed by atoms with E-state index in [-0.39, 0.29) is 28.6 Å². The molecule has 0 aliphatic rings. The molecule has 0 spiro atoms. The Morgan fingerprint density at radius 2 is 1.79 bits per heavy atom. The molecule has 0 radical (unpaired) electrons. The Morgan fingerprint density at radius 3 is 2.50 bits per heavy atom. The van der Waals surface area contributed by atoms with E-state index in [1.165, 1.54) is 23.1 Å². The van der Waals surface area contributed by atoms with E-state index in [2.05, 4.69) is 20.8 Å². The van der Waals surface area contributed by atoms with Gasteiger partial charge in [-0.1, -0.05) is 71.1 Å². The van der Waals surface area contributed by atoms with Gasteiger partial charge in [0.25, 0.3) is 5.91 Å². The SMILES string of the molecule is Cc1ccc(NC(=O)c2nnc(SCC(=O)NC(C)c3ccccc3)s2)cc1. The Balaban J connectivity index is 1.49. The average Bonchev–Trinajstić information content (AvgIpc) is 3.18. The second-order valence-corrected chi connectivity index (χ2v) is 8.38. The van der Waals surface area contributed by atoms with Crippen LogP contribution in [0, 0.1) is 6.92 Å². The predicted octanol–water partition coefficient (Wildman–Crippen LogP) is 4.07. The van der Waals surface area contributed by atoms with Crippen molar-refractivity contribution in [2.45, 2.75) is 24.2 Å². The van der Waals surface area contributed by atoms with E-state index in [0.717, 1.165) is 11.1 Å². The van der Waals surface area contributed by atoms with E-state index < -0.39 is 0 Å². The molecular weight excluding hydrogens is 392 g/mol. The fourth-order valence-electron chi connectivity index (χ4n) is 2.42. The third kappa shape index (κ3) is 5.64. The standard InChI is InChI=1S/C20H20N4O2S2/c1-13-8-10-16(11-9-13)22-18(26)19-23-24-20(28-19)27-12-17(25)21-14(2)15-6-4-3-5-7-15/h3-11,14H,12H2,1-2H3,(H,21,25)(H,22,26). The smallest absolute Gasteiger partial charge is 0.286 e. The Labute approximate surface area is 171 Å². The molecule has 2 aromatic carbocycles. The molecular formula is C20H20N4O2S2. The van der Waals surface area contributed by atoms with Crippen LogP contribution in [0.25, 0.3) is 0 Å². The number of carbonyl (C=O) groups is 2. The molecule has 1 unspecified atom stereocenters. The fraction of sp³-hybridized carbons (Fsp3) is 0.200. The summed E-state index contributed by atoms with van der Waals surface area (Å²) in [4.78, 5) is 24.4. The molecule has 1 heterocycles. The van der Waals surface area contributed by atoms with Crippen LogP contribution in [0.2, 0.25) is 0 Å². The number of rotatable bonds is 7. The summed E-state index contributed by atoms with van der Waals surface area (Å²) in [6.45, 7) is 3.92. The van der Waals surface area contributed by atoms with Crippen LogP contribution in [-0.2, 0) is 4.79 Å². The number of anilines is 1. The Kier molecular flexibility index (Phi) is 6.78. The van der Waals surface area contributed by atoms with Crippen molar-refractivity contribution in [3.05, 3.63) is 70.7 Å². The van der Waals surface area contributed by atoms with Gasteiger partial charge in [0.1, 0.15) is 0 Å². The van der Waals surface area contributed by atoms with Crippen molar-refractivity contribution in [1.82, 2.24) is 15.5 Å². The highest BCUT2D eigenvalue weighted by Gasteiger charge is 2.15. The van der Waals surface area contributed by atoms with Crippen molar-refractivity contribution in [2.75, 3.05) is 11.1 Å². The van der Waals surface area contributed by atoms with Gasteiger partial charge >= 0.3 is 0 Å². The molecule has 0 fully saturated rings. The monoisotopic (exact) mass is 412 g/mol. The average molecular weight is 413 g/mol. The first-order chi connectivity index (χ1) is 13.5. The third-order valence-electron chi connectivity index (χ3n) is 3.91. The van der Waals surface area contributed by atoms with E-state index in [1.54, 1.807) is 0 Å². The zero-order valence-electron chi connectivity index (χ0n) is 15.5. The minimum Gasteiger partial charge on any atom is -0.349 e. The first-order valence-corrected chi connectivity index (χ1v) is 10.5. The molecule has 0 saturated carbocycles. The topological polar surface area (TPSA) is 84.0 Å². The van der Waals surface area contributed by atoms with Crippen LogP contribution < -0.4 is 10.6 Å². The highest BCUT2D eigenvalue weighted by Crippen LogP contribution is 2.23. The van der Waals surface area contributed by atoms with Crippen molar-refractivity contribution in [2.24, 2.45) is 0 Å². The van der Waals surface area contributed by atoms with Gasteiger partial charge in [0.05, 0.1) is 11.8 Å². The van der Waals surface area contributed by atoms with Crippen molar-refractivity contribution in [3.8, 4) is 0 Å². The number of aromatic nitrogens is 2. The third-order valence-corrected chi connectivity index (χ3v) is 5.97. The van der Waals surface area contributed by atoms with Crippen molar-refractivity contribution in [3.63, 3.8) is 0 Å². The highest BCUT2D eigenvalue weighted by molar-refractivity contribution is 8.01. The quantitative estimate of drug-likeness (QED) is 0.572. The zero-order valence-corrected chi connectivity index (χ0v) is 17.1. The number of nitrogens with zero attached hydrogens (tertiary/aromatic N) is 2. The molecule has 3 rings (SSSR count).